The molecule has 1 aliphatic rings. The van der Waals surface area contributed by atoms with E-state index in [1.165, 1.54) is 0 Å². The number of alkyl halides is 1. The van der Waals surface area contributed by atoms with E-state index in [4.69, 9.17) is 0 Å². The van der Waals surface area contributed by atoms with Crippen molar-refractivity contribution >= 4 is 0 Å². The molecule has 44 valence electrons. The maximum atomic E-state index is 11.5. The van der Waals surface area contributed by atoms with Gasteiger partial charge in [-0.1, -0.05) is 20.8 Å². The lowest BCUT2D eigenvalue weighted by molar-refractivity contribution is 0.454. The van der Waals surface area contributed by atoms with E-state index in [-0.39, 0.29) is 0 Å². The lowest BCUT2D eigenvalue weighted by Crippen LogP contribution is -1.63. The molecule has 0 saturated heterocycles. The highest BCUT2D eigenvalue weighted by Crippen LogP contribution is 2.32. The van der Waals surface area contributed by atoms with E-state index in [0.29, 0.717) is 5.92 Å². The van der Waals surface area contributed by atoms with Gasteiger partial charge in [0.15, 0.2) is 0 Å². The molecule has 2 atom stereocenters. The number of hydrogen-bond donors (Lipinski definition) is 0. The van der Waals surface area contributed by atoms with Gasteiger partial charge >= 0.3 is 0 Å². The van der Waals surface area contributed by atoms with Crippen LogP contribution in [0, 0.1) is 5.92 Å². The highest BCUT2D eigenvalue weighted by Gasteiger charge is 2.31. The van der Waals surface area contributed by atoms with E-state index in [1.54, 1.807) is 0 Å². The predicted octanol–water partition coefficient (Wildman–Crippen LogP) is 2.39. The van der Waals surface area contributed by atoms with Crippen molar-refractivity contribution in [3.05, 3.63) is 0 Å². The van der Waals surface area contributed by atoms with Gasteiger partial charge in [0.25, 0.3) is 0 Å². The van der Waals surface area contributed by atoms with Crippen molar-refractivity contribution in [3.63, 3.8) is 0 Å². The smallest absolute Gasteiger partial charge is 0.103 e. The summed E-state index contributed by atoms with van der Waals surface area (Å²) in [4.78, 5) is 0. The van der Waals surface area contributed by atoms with Gasteiger partial charge in [-0.15, -0.1) is 0 Å². The van der Waals surface area contributed by atoms with Gasteiger partial charge in [0.2, 0.25) is 0 Å². The molecule has 0 spiro atoms. The normalized spacial score (nSPS) is 36.0. The Morgan fingerprint density at radius 3 is 1.57 bits per heavy atom. The first-order valence-corrected chi connectivity index (χ1v) is 2.95. The molecule has 1 fully saturated rings. The Labute approximate surface area is 44.7 Å². The minimum absolute atomic E-state index is 0.384. The van der Waals surface area contributed by atoms with Crippen molar-refractivity contribution in [3.8, 4) is 0 Å². The highest BCUT2D eigenvalue weighted by atomic mass is 19.1. The number of rotatable bonds is 0. The van der Waals surface area contributed by atoms with Crippen LogP contribution >= 0.6 is 0 Å². The third kappa shape index (κ3) is 2.60. The summed E-state index contributed by atoms with van der Waals surface area (Å²) < 4.78 is 11.5. The second-order valence-electron chi connectivity index (χ2n) is 1.73. The van der Waals surface area contributed by atoms with Crippen molar-refractivity contribution in [2.45, 2.75) is 33.4 Å². The van der Waals surface area contributed by atoms with Crippen LogP contribution in [0.4, 0.5) is 4.39 Å². The number of hydrogen-bond acceptors (Lipinski definition) is 0. The first-order chi connectivity index (χ1) is 3.30. The van der Waals surface area contributed by atoms with Gasteiger partial charge in [-0.3, -0.25) is 0 Å². The Morgan fingerprint density at radius 2 is 1.57 bits per heavy atom. The third-order valence-corrected chi connectivity index (χ3v) is 1.01. The molecule has 0 N–H and O–H groups in total. The average molecular weight is 104 g/mol. The van der Waals surface area contributed by atoms with Crippen LogP contribution in [-0.4, -0.2) is 6.17 Å². The van der Waals surface area contributed by atoms with E-state index < -0.39 is 6.17 Å². The van der Waals surface area contributed by atoms with Crippen molar-refractivity contribution in [1.82, 2.24) is 0 Å². The highest BCUT2D eigenvalue weighted by molar-refractivity contribution is 4.81. The van der Waals surface area contributed by atoms with Gasteiger partial charge in [0.05, 0.1) is 0 Å². The summed E-state index contributed by atoms with van der Waals surface area (Å²) in [6.07, 6.45) is 0.356. The molecule has 0 aromatic heterocycles. The third-order valence-electron chi connectivity index (χ3n) is 1.01. The fourth-order valence-electron chi connectivity index (χ4n) is 0.277. The molecule has 1 heteroatoms. The molecule has 0 amide bonds. The molecule has 0 unspecified atom stereocenters. The Hall–Kier alpha value is -0.0700. The molecule has 1 aliphatic carbocycles. The summed E-state index contributed by atoms with van der Waals surface area (Å²) in [5.41, 5.74) is 0. The molecule has 0 nitrogen and oxygen atoms in total. The zero-order valence-electron chi connectivity index (χ0n) is 5.24. The second kappa shape index (κ2) is 3.00. The molecule has 0 aromatic carbocycles. The zero-order chi connectivity index (χ0) is 5.86. The van der Waals surface area contributed by atoms with Crippen LogP contribution in [0.1, 0.15) is 27.2 Å². The van der Waals surface area contributed by atoms with Gasteiger partial charge in [0.1, 0.15) is 6.17 Å². The van der Waals surface area contributed by atoms with Crippen LogP contribution in [0.2, 0.25) is 0 Å². The van der Waals surface area contributed by atoms with Gasteiger partial charge in [0, 0.05) is 0 Å². The molecule has 0 aromatic rings. The van der Waals surface area contributed by atoms with Crippen LogP contribution in [0.15, 0.2) is 0 Å². The molecule has 0 bridgehead atoms. The fourth-order valence-corrected chi connectivity index (χ4v) is 0.277. The van der Waals surface area contributed by atoms with E-state index in [0.717, 1.165) is 6.42 Å². The van der Waals surface area contributed by atoms with E-state index in [2.05, 4.69) is 0 Å². The standard InChI is InChI=1S/C4H7F.C2H6/c1-3-2-4(3)5;1-2/h3-4H,2H2,1H3;1-2H3/t3-,4+;/m1./s1. The summed E-state index contributed by atoms with van der Waals surface area (Å²) in [5, 5.41) is 0. The van der Waals surface area contributed by atoms with Gasteiger partial charge in [-0.25, -0.2) is 4.39 Å². The van der Waals surface area contributed by atoms with Gasteiger partial charge < -0.3 is 0 Å². The van der Waals surface area contributed by atoms with Crippen LogP contribution < -0.4 is 0 Å². The van der Waals surface area contributed by atoms with Crippen LogP contribution in [-0.2, 0) is 0 Å². The van der Waals surface area contributed by atoms with Gasteiger partial charge in [-0.2, -0.15) is 0 Å². The fraction of sp³-hybridized carbons (Fsp3) is 1.00. The largest absolute Gasteiger partial charge is 0.247 e. The molecular weight excluding hydrogens is 91.1 g/mol. The van der Waals surface area contributed by atoms with E-state index in [9.17, 15) is 4.39 Å². The lowest BCUT2D eigenvalue weighted by atomic mass is 10.5. The lowest BCUT2D eigenvalue weighted by Gasteiger charge is -1.63. The second-order valence-corrected chi connectivity index (χ2v) is 1.73. The minimum Gasteiger partial charge on any atom is -0.247 e. The summed E-state index contributed by atoms with van der Waals surface area (Å²) in [5.74, 6) is 0.384. The average Bonchev–Trinajstić information content (AvgIpc) is 2.27. The topological polar surface area (TPSA) is 0 Å². The predicted molar refractivity (Wildman–Crippen MR) is 30.0 cm³/mol. The first kappa shape index (κ1) is 6.93. The van der Waals surface area contributed by atoms with Crippen molar-refractivity contribution in [2.24, 2.45) is 5.92 Å². The molecular formula is C6H13F. The molecule has 1 rings (SSSR count). The Balaban J connectivity index is 0.000000162. The van der Waals surface area contributed by atoms with Gasteiger partial charge in [-0.05, 0) is 12.3 Å². The summed E-state index contributed by atoms with van der Waals surface area (Å²) in [6.45, 7) is 5.92. The van der Waals surface area contributed by atoms with Crippen molar-refractivity contribution in [1.29, 1.82) is 0 Å². The first-order valence-electron chi connectivity index (χ1n) is 2.95. The Kier molecular flexibility index (Phi) is 2.97. The summed E-state index contributed by atoms with van der Waals surface area (Å²) in [7, 11) is 0. The molecule has 0 heterocycles. The number of halogens is 1. The Bertz CT molecular complexity index is 37.4. The molecule has 0 aliphatic heterocycles. The van der Waals surface area contributed by atoms with Crippen LogP contribution in [0.5, 0.6) is 0 Å². The maximum absolute atomic E-state index is 11.5. The van der Waals surface area contributed by atoms with E-state index >= 15 is 0 Å². The Morgan fingerprint density at radius 1 is 1.43 bits per heavy atom. The van der Waals surface area contributed by atoms with Crippen molar-refractivity contribution in [2.75, 3.05) is 0 Å². The van der Waals surface area contributed by atoms with Crippen molar-refractivity contribution < 1.29 is 4.39 Å². The van der Waals surface area contributed by atoms with Crippen LogP contribution in [0.25, 0.3) is 0 Å². The maximum Gasteiger partial charge on any atom is 0.103 e. The quantitative estimate of drug-likeness (QED) is 0.442. The molecule has 1 saturated carbocycles. The summed E-state index contributed by atoms with van der Waals surface area (Å²) in [6, 6.07) is 0. The SMILES string of the molecule is CC.C[C@@H]1C[C@@H]1F. The molecule has 7 heavy (non-hydrogen) atoms. The molecule has 0 radical (unpaired) electrons. The van der Waals surface area contributed by atoms with E-state index in [1.807, 2.05) is 20.8 Å². The summed E-state index contributed by atoms with van der Waals surface area (Å²) >= 11 is 0. The minimum atomic E-state index is -0.449. The zero-order valence-corrected chi connectivity index (χ0v) is 5.24. The monoisotopic (exact) mass is 104 g/mol. The van der Waals surface area contributed by atoms with Crippen LogP contribution in [0.3, 0.4) is 0 Å².